The molecule has 2 aromatic rings. The van der Waals surface area contributed by atoms with E-state index >= 15 is 0 Å². The van der Waals surface area contributed by atoms with Crippen LogP contribution in [0.25, 0.3) is 0 Å². The average Bonchev–Trinajstić information content (AvgIpc) is 2.59. The van der Waals surface area contributed by atoms with Crippen molar-refractivity contribution in [2.75, 3.05) is 6.61 Å². The lowest BCUT2D eigenvalue weighted by Gasteiger charge is -2.08. The van der Waals surface area contributed by atoms with Gasteiger partial charge in [0.1, 0.15) is 5.75 Å². The fourth-order valence-electron chi connectivity index (χ4n) is 2.17. The predicted molar refractivity (Wildman–Crippen MR) is 85.9 cm³/mol. The molecule has 0 aliphatic carbocycles. The van der Waals surface area contributed by atoms with Crippen molar-refractivity contribution in [3.8, 4) is 5.75 Å². The van der Waals surface area contributed by atoms with Gasteiger partial charge >= 0.3 is 11.9 Å². The molecule has 0 aromatic heterocycles. The molecule has 0 unspecified atom stereocenters. The zero-order valence-corrected chi connectivity index (χ0v) is 12.8. The number of ketones is 1. The van der Waals surface area contributed by atoms with Gasteiger partial charge in [-0.15, -0.1) is 0 Å². The fraction of sp³-hybridized carbons (Fsp3) is 0.167. The largest absolute Gasteiger partial charge is 0.494 e. The van der Waals surface area contributed by atoms with Crippen LogP contribution in [0.4, 0.5) is 0 Å². The van der Waals surface area contributed by atoms with E-state index in [1.54, 1.807) is 24.3 Å². The number of hydrogen-bond donors (Lipinski definition) is 2. The second-order valence-corrected chi connectivity index (χ2v) is 5.06. The van der Waals surface area contributed by atoms with Gasteiger partial charge in [-0.25, -0.2) is 9.59 Å². The third-order valence-electron chi connectivity index (χ3n) is 3.36. The number of carbonyl (C=O) groups is 3. The molecule has 0 heterocycles. The highest BCUT2D eigenvalue weighted by Gasteiger charge is 2.16. The quantitative estimate of drug-likeness (QED) is 0.570. The summed E-state index contributed by atoms with van der Waals surface area (Å²) in [5.74, 6) is -2.39. The Bertz CT molecular complexity index is 751. The molecule has 124 valence electrons. The van der Waals surface area contributed by atoms with Gasteiger partial charge in [0.05, 0.1) is 17.7 Å². The normalized spacial score (nSPS) is 10.2. The van der Waals surface area contributed by atoms with Crippen molar-refractivity contribution in [1.29, 1.82) is 0 Å². The summed E-state index contributed by atoms with van der Waals surface area (Å²) in [6, 6.07) is 12.7. The van der Waals surface area contributed by atoms with Crippen molar-refractivity contribution in [3.05, 3.63) is 65.2 Å². The van der Waals surface area contributed by atoms with Gasteiger partial charge in [0, 0.05) is 12.0 Å². The minimum Gasteiger partial charge on any atom is -0.494 e. The number of Topliss-reactive ketones (excluding diaryl/α,β-unsaturated/α-hetero) is 1. The topological polar surface area (TPSA) is 101 Å². The fourth-order valence-corrected chi connectivity index (χ4v) is 2.17. The van der Waals surface area contributed by atoms with Crippen LogP contribution < -0.4 is 4.74 Å². The van der Waals surface area contributed by atoms with Crippen molar-refractivity contribution in [1.82, 2.24) is 0 Å². The first-order valence-electron chi connectivity index (χ1n) is 7.30. The van der Waals surface area contributed by atoms with E-state index in [0.717, 1.165) is 0 Å². The zero-order chi connectivity index (χ0) is 17.5. The molecule has 0 radical (unpaired) electrons. The van der Waals surface area contributed by atoms with E-state index < -0.39 is 11.9 Å². The highest BCUT2D eigenvalue weighted by Crippen LogP contribution is 2.19. The van der Waals surface area contributed by atoms with Gasteiger partial charge < -0.3 is 14.9 Å². The van der Waals surface area contributed by atoms with Crippen LogP contribution in [-0.2, 0) is 0 Å². The highest BCUT2D eigenvalue weighted by atomic mass is 16.5. The van der Waals surface area contributed by atoms with E-state index in [4.69, 9.17) is 14.9 Å². The number of rotatable bonds is 8. The number of carbonyl (C=O) groups excluding carboxylic acids is 1. The Balaban J connectivity index is 1.91. The summed E-state index contributed by atoms with van der Waals surface area (Å²) in [4.78, 5) is 34.0. The maximum absolute atomic E-state index is 11.9. The van der Waals surface area contributed by atoms with Crippen molar-refractivity contribution >= 4 is 17.7 Å². The van der Waals surface area contributed by atoms with Crippen molar-refractivity contribution < 1.29 is 29.3 Å². The Morgan fingerprint density at radius 1 is 0.875 bits per heavy atom. The molecule has 6 heteroatoms. The number of benzene rings is 2. The number of carboxylic acid groups (broad SMARTS) is 2. The van der Waals surface area contributed by atoms with Crippen molar-refractivity contribution in [3.63, 3.8) is 0 Å². The summed E-state index contributed by atoms with van der Waals surface area (Å²) in [5.41, 5.74) is 0.00550. The smallest absolute Gasteiger partial charge is 0.336 e. The molecule has 2 rings (SSSR count). The summed E-state index contributed by atoms with van der Waals surface area (Å²) in [7, 11) is 0. The van der Waals surface area contributed by atoms with Crippen molar-refractivity contribution in [2.24, 2.45) is 0 Å². The summed E-state index contributed by atoms with van der Waals surface area (Å²) in [6.07, 6.45) is 0.778. The van der Waals surface area contributed by atoms with Crippen LogP contribution in [0.2, 0.25) is 0 Å². The monoisotopic (exact) mass is 328 g/mol. The van der Waals surface area contributed by atoms with E-state index in [9.17, 15) is 14.4 Å². The lowest BCUT2D eigenvalue weighted by atomic mass is 10.1. The third-order valence-corrected chi connectivity index (χ3v) is 3.36. The minimum atomic E-state index is -1.34. The number of carboxylic acids is 2. The summed E-state index contributed by atoms with van der Waals surface area (Å²) >= 11 is 0. The van der Waals surface area contributed by atoms with Crippen LogP contribution in [-0.4, -0.2) is 34.5 Å². The van der Waals surface area contributed by atoms with Crippen LogP contribution in [0, 0.1) is 0 Å². The first-order chi connectivity index (χ1) is 11.5. The van der Waals surface area contributed by atoms with Crippen LogP contribution in [0.3, 0.4) is 0 Å². The molecule has 6 nitrogen and oxygen atoms in total. The second kappa shape index (κ2) is 7.92. The molecule has 0 atom stereocenters. The molecule has 0 spiro atoms. The van der Waals surface area contributed by atoms with E-state index in [1.807, 2.05) is 6.07 Å². The van der Waals surface area contributed by atoms with Crippen LogP contribution in [0.5, 0.6) is 5.75 Å². The first kappa shape index (κ1) is 17.2. The van der Waals surface area contributed by atoms with Gasteiger partial charge in [-0.3, -0.25) is 4.79 Å². The van der Waals surface area contributed by atoms with Crippen LogP contribution in [0.1, 0.15) is 43.9 Å². The number of aromatic carboxylic acids is 2. The Hall–Kier alpha value is -3.15. The number of hydrogen-bond acceptors (Lipinski definition) is 4. The van der Waals surface area contributed by atoms with Gasteiger partial charge in [-0.2, -0.15) is 0 Å². The predicted octanol–water partition coefficient (Wildman–Crippen LogP) is 3.12. The summed E-state index contributed by atoms with van der Waals surface area (Å²) < 4.78 is 5.41. The molecular weight excluding hydrogens is 312 g/mol. The van der Waals surface area contributed by atoms with Crippen molar-refractivity contribution in [2.45, 2.75) is 12.8 Å². The van der Waals surface area contributed by atoms with E-state index in [-0.39, 0.29) is 29.3 Å². The van der Waals surface area contributed by atoms with Gasteiger partial charge in [0.2, 0.25) is 0 Å². The van der Waals surface area contributed by atoms with Crippen LogP contribution >= 0.6 is 0 Å². The lowest BCUT2D eigenvalue weighted by molar-refractivity contribution is 0.0651. The third kappa shape index (κ3) is 4.42. The van der Waals surface area contributed by atoms with Crippen LogP contribution in [0.15, 0.2) is 48.5 Å². The van der Waals surface area contributed by atoms with E-state index in [1.165, 1.54) is 18.2 Å². The Labute approximate surface area is 138 Å². The molecule has 2 aromatic carbocycles. The first-order valence-corrected chi connectivity index (χ1v) is 7.30. The zero-order valence-electron chi connectivity index (χ0n) is 12.8. The molecule has 0 bridgehead atoms. The van der Waals surface area contributed by atoms with Gasteiger partial charge in [0.15, 0.2) is 5.78 Å². The standard InChI is InChI=1S/C18H16O6/c19-16(12-5-2-1-3-6-12)7-4-10-24-13-8-9-14(17(20)21)15(11-13)18(22)23/h1-3,5-6,8-9,11H,4,7,10H2,(H,20,21)(H,22,23). The Morgan fingerprint density at radius 3 is 2.17 bits per heavy atom. The van der Waals surface area contributed by atoms with Gasteiger partial charge in [-0.1, -0.05) is 30.3 Å². The molecule has 0 saturated carbocycles. The molecule has 0 amide bonds. The molecule has 2 N–H and O–H groups in total. The maximum Gasteiger partial charge on any atom is 0.336 e. The van der Waals surface area contributed by atoms with Gasteiger partial charge in [-0.05, 0) is 24.6 Å². The molecule has 0 fully saturated rings. The number of ether oxygens (including phenoxy) is 1. The lowest BCUT2D eigenvalue weighted by Crippen LogP contribution is -2.09. The molecule has 0 aliphatic heterocycles. The average molecular weight is 328 g/mol. The second-order valence-electron chi connectivity index (χ2n) is 5.06. The maximum atomic E-state index is 11.9. The minimum absolute atomic E-state index is 0.00616. The highest BCUT2D eigenvalue weighted by molar-refractivity contribution is 6.02. The van der Waals surface area contributed by atoms with Gasteiger partial charge in [0.25, 0.3) is 0 Å². The van der Waals surface area contributed by atoms with E-state index in [0.29, 0.717) is 18.4 Å². The SMILES string of the molecule is O=C(CCCOc1ccc(C(=O)O)c(C(=O)O)c1)c1ccccc1. The van der Waals surface area contributed by atoms with E-state index in [2.05, 4.69) is 0 Å². The molecular formula is C18H16O6. The molecule has 0 saturated heterocycles. The molecule has 0 aliphatic rings. The summed E-state index contributed by atoms with van der Waals surface area (Å²) in [5, 5.41) is 18.0. The Kier molecular flexibility index (Phi) is 5.68. The molecule has 24 heavy (non-hydrogen) atoms. The summed E-state index contributed by atoms with van der Waals surface area (Å²) in [6.45, 7) is 0.226. The Morgan fingerprint density at radius 2 is 1.54 bits per heavy atom.